The topological polar surface area (TPSA) is 112 Å². The molecule has 9 nitrogen and oxygen atoms in total. The van der Waals surface area contributed by atoms with E-state index >= 15 is 0 Å². The molecule has 1 atom stereocenters. The Balaban J connectivity index is 2.28. The Morgan fingerprint density at radius 2 is 2.29 bits per heavy atom. The molecule has 0 saturated heterocycles. The van der Waals surface area contributed by atoms with Crippen LogP contribution in [0.2, 0.25) is 0 Å². The van der Waals surface area contributed by atoms with Crippen LogP contribution in [0.15, 0.2) is 18.3 Å². The molecule has 2 rings (SSSR count). The largest absolute Gasteiger partial charge is 0.481 e. The van der Waals surface area contributed by atoms with Crippen molar-refractivity contribution in [3.63, 3.8) is 0 Å². The van der Waals surface area contributed by atoms with Gasteiger partial charge < -0.3 is 14.6 Å². The van der Waals surface area contributed by atoms with Gasteiger partial charge in [0.2, 0.25) is 5.88 Å². The third-order valence-corrected chi connectivity index (χ3v) is 2.85. The van der Waals surface area contributed by atoms with E-state index in [1.54, 1.807) is 18.3 Å². The number of aliphatic carboxylic acids is 1. The number of carbonyl (C=O) groups is 1. The molecule has 0 aromatic carbocycles. The molecule has 112 valence electrons. The first-order valence-corrected chi connectivity index (χ1v) is 6.15. The van der Waals surface area contributed by atoms with Gasteiger partial charge in [-0.25, -0.2) is 9.67 Å². The predicted molar refractivity (Wildman–Crippen MR) is 70.6 cm³/mol. The van der Waals surface area contributed by atoms with Gasteiger partial charge in [0, 0.05) is 13.3 Å². The summed E-state index contributed by atoms with van der Waals surface area (Å²) in [5, 5.41) is 20.3. The van der Waals surface area contributed by atoms with E-state index in [4.69, 9.17) is 14.6 Å². The molecule has 1 unspecified atom stereocenters. The molecule has 0 saturated carbocycles. The number of carboxylic acid groups (broad SMARTS) is 1. The number of pyridine rings is 1. The molecule has 0 fully saturated rings. The zero-order chi connectivity index (χ0) is 15.2. The van der Waals surface area contributed by atoms with Gasteiger partial charge >= 0.3 is 5.97 Å². The normalized spacial score (nSPS) is 12.1. The van der Waals surface area contributed by atoms with Crippen molar-refractivity contribution in [2.45, 2.75) is 19.1 Å². The average molecular weight is 293 g/mol. The van der Waals surface area contributed by atoms with Crippen LogP contribution in [0.25, 0.3) is 11.4 Å². The minimum Gasteiger partial charge on any atom is -0.481 e. The number of nitrogens with zero attached hydrogens (tertiary/aromatic N) is 5. The number of methoxy groups -OCH3 is 2. The van der Waals surface area contributed by atoms with E-state index < -0.39 is 12.1 Å². The van der Waals surface area contributed by atoms with Crippen molar-refractivity contribution in [3.8, 4) is 17.3 Å². The van der Waals surface area contributed by atoms with Crippen molar-refractivity contribution in [1.29, 1.82) is 0 Å². The molecular weight excluding hydrogens is 278 g/mol. The van der Waals surface area contributed by atoms with Gasteiger partial charge in [-0.15, -0.1) is 5.10 Å². The Morgan fingerprint density at radius 1 is 1.48 bits per heavy atom. The first kappa shape index (κ1) is 14.9. The van der Waals surface area contributed by atoms with Crippen molar-refractivity contribution < 1.29 is 19.4 Å². The summed E-state index contributed by atoms with van der Waals surface area (Å²) in [6, 6.07) is 3.51. The van der Waals surface area contributed by atoms with Gasteiger partial charge in [0.05, 0.1) is 31.7 Å². The number of hydrogen-bond donors (Lipinski definition) is 1. The molecule has 2 aromatic heterocycles. The van der Waals surface area contributed by atoms with Crippen LogP contribution in [-0.2, 0) is 16.1 Å². The van der Waals surface area contributed by atoms with Gasteiger partial charge in [-0.1, -0.05) is 0 Å². The molecule has 9 heteroatoms. The van der Waals surface area contributed by atoms with Crippen LogP contribution in [0.4, 0.5) is 0 Å². The molecule has 0 spiro atoms. The van der Waals surface area contributed by atoms with Gasteiger partial charge in [0.25, 0.3) is 0 Å². The highest BCUT2D eigenvalue weighted by Gasteiger charge is 2.19. The molecular formula is C12H15N5O4. The standard InChI is InChI=1S/C12H15N5O4/c1-20-8(6-10(18)19)7-17-11(14-15-16-17)9-4-3-5-13-12(9)21-2/h3-5,8H,6-7H2,1-2H3,(H,18,19). The molecule has 2 heterocycles. The van der Waals surface area contributed by atoms with Crippen molar-refractivity contribution >= 4 is 5.97 Å². The smallest absolute Gasteiger partial charge is 0.306 e. The summed E-state index contributed by atoms with van der Waals surface area (Å²) in [7, 11) is 2.95. The van der Waals surface area contributed by atoms with Crippen LogP contribution in [0.5, 0.6) is 5.88 Å². The number of rotatable bonds is 7. The second-order valence-electron chi connectivity index (χ2n) is 4.20. The Kier molecular flexibility index (Phi) is 4.77. The second kappa shape index (κ2) is 6.75. The molecule has 0 aliphatic carbocycles. The lowest BCUT2D eigenvalue weighted by Crippen LogP contribution is -2.23. The third-order valence-electron chi connectivity index (χ3n) is 2.85. The minimum atomic E-state index is -0.949. The van der Waals surface area contributed by atoms with Gasteiger partial charge in [-0.2, -0.15) is 0 Å². The summed E-state index contributed by atoms with van der Waals surface area (Å²) in [6.07, 6.45) is 0.922. The van der Waals surface area contributed by atoms with Gasteiger partial charge in [0.1, 0.15) is 0 Å². The maximum absolute atomic E-state index is 10.8. The zero-order valence-electron chi connectivity index (χ0n) is 11.6. The highest BCUT2D eigenvalue weighted by atomic mass is 16.5. The van der Waals surface area contributed by atoms with Crippen LogP contribution in [0.1, 0.15) is 6.42 Å². The van der Waals surface area contributed by atoms with Crippen LogP contribution in [0, 0.1) is 0 Å². The Bertz CT molecular complexity index is 615. The summed E-state index contributed by atoms with van der Waals surface area (Å²) >= 11 is 0. The summed E-state index contributed by atoms with van der Waals surface area (Å²) in [5.41, 5.74) is 0.621. The van der Waals surface area contributed by atoms with Crippen molar-refractivity contribution in [2.24, 2.45) is 0 Å². The molecule has 0 aliphatic heterocycles. The fourth-order valence-corrected chi connectivity index (χ4v) is 1.85. The van der Waals surface area contributed by atoms with E-state index in [9.17, 15) is 4.79 Å². The maximum atomic E-state index is 10.8. The van der Waals surface area contributed by atoms with Gasteiger partial charge in [0.15, 0.2) is 5.82 Å². The van der Waals surface area contributed by atoms with Gasteiger partial charge in [-0.05, 0) is 22.6 Å². The number of carboxylic acids is 1. The lowest BCUT2D eigenvalue weighted by molar-refractivity contribution is -0.140. The SMILES string of the molecule is COc1ncccc1-c1nnnn1CC(CC(=O)O)OC. The number of aromatic nitrogens is 5. The minimum absolute atomic E-state index is 0.139. The van der Waals surface area contributed by atoms with Crippen LogP contribution in [0.3, 0.4) is 0 Å². The van der Waals surface area contributed by atoms with E-state index in [1.165, 1.54) is 18.9 Å². The summed E-state index contributed by atoms with van der Waals surface area (Å²) in [4.78, 5) is 14.9. The van der Waals surface area contributed by atoms with E-state index in [2.05, 4.69) is 20.5 Å². The third kappa shape index (κ3) is 3.51. The van der Waals surface area contributed by atoms with Gasteiger partial charge in [-0.3, -0.25) is 4.79 Å². The van der Waals surface area contributed by atoms with E-state index in [0.717, 1.165) is 0 Å². The number of hydrogen-bond acceptors (Lipinski definition) is 7. The maximum Gasteiger partial charge on any atom is 0.306 e. The quantitative estimate of drug-likeness (QED) is 0.772. The molecule has 0 radical (unpaired) electrons. The summed E-state index contributed by atoms with van der Waals surface area (Å²) < 4.78 is 11.8. The predicted octanol–water partition coefficient (Wildman–Crippen LogP) is 0.233. The van der Waals surface area contributed by atoms with Crippen molar-refractivity contribution in [1.82, 2.24) is 25.2 Å². The Labute approximate surface area is 120 Å². The average Bonchev–Trinajstić information content (AvgIpc) is 2.94. The highest BCUT2D eigenvalue weighted by molar-refractivity contribution is 5.67. The molecule has 0 amide bonds. The van der Waals surface area contributed by atoms with Crippen LogP contribution in [-0.4, -0.2) is 56.6 Å². The molecule has 0 bridgehead atoms. The molecule has 21 heavy (non-hydrogen) atoms. The van der Waals surface area contributed by atoms with Crippen molar-refractivity contribution in [2.75, 3.05) is 14.2 Å². The first-order chi connectivity index (χ1) is 10.2. The lowest BCUT2D eigenvalue weighted by atomic mass is 10.2. The number of ether oxygens (including phenoxy) is 2. The fourth-order valence-electron chi connectivity index (χ4n) is 1.85. The fraction of sp³-hybridized carbons (Fsp3) is 0.417. The molecule has 0 aliphatic rings. The first-order valence-electron chi connectivity index (χ1n) is 6.15. The van der Waals surface area contributed by atoms with E-state index in [-0.39, 0.29) is 13.0 Å². The second-order valence-corrected chi connectivity index (χ2v) is 4.20. The van der Waals surface area contributed by atoms with E-state index in [0.29, 0.717) is 17.3 Å². The Hall–Kier alpha value is -2.55. The number of tetrazole rings is 1. The van der Waals surface area contributed by atoms with Crippen molar-refractivity contribution in [3.05, 3.63) is 18.3 Å². The van der Waals surface area contributed by atoms with E-state index in [1.807, 2.05) is 0 Å². The Morgan fingerprint density at radius 3 is 2.95 bits per heavy atom. The van der Waals surface area contributed by atoms with Crippen LogP contribution < -0.4 is 4.74 Å². The highest BCUT2D eigenvalue weighted by Crippen LogP contribution is 2.25. The summed E-state index contributed by atoms with van der Waals surface area (Å²) in [6.45, 7) is 0.211. The zero-order valence-corrected chi connectivity index (χ0v) is 11.6. The molecule has 1 N–H and O–H groups in total. The molecule has 2 aromatic rings. The lowest BCUT2D eigenvalue weighted by Gasteiger charge is -2.14. The van der Waals surface area contributed by atoms with Crippen LogP contribution >= 0.6 is 0 Å². The monoisotopic (exact) mass is 293 g/mol. The summed E-state index contributed by atoms with van der Waals surface area (Å²) in [5.74, 6) is -0.122.